The number of carbonyl (C=O) groups is 1. The lowest BCUT2D eigenvalue weighted by Gasteiger charge is -2.06. The molecule has 0 saturated carbocycles. The van der Waals surface area contributed by atoms with E-state index in [1.165, 1.54) is 6.07 Å². The number of anilines is 1. The Hall–Kier alpha value is -2.44. The summed E-state index contributed by atoms with van der Waals surface area (Å²) in [6.45, 7) is 3.75. The van der Waals surface area contributed by atoms with E-state index in [-0.39, 0.29) is 12.3 Å². The lowest BCUT2D eigenvalue weighted by Crippen LogP contribution is -2.13. The van der Waals surface area contributed by atoms with Crippen molar-refractivity contribution in [2.75, 3.05) is 11.9 Å². The molecule has 0 atom stereocenters. The lowest BCUT2D eigenvalue weighted by atomic mass is 10.2. The van der Waals surface area contributed by atoms with Gasteiger partial charge in [0.2, 0.25) is 0 Å². The molecule has 2 N–H and O–H groups in total. The fraction of sp³-hybridized carbons (Fsp3) is 0.273. The maximum absolute atomic E-state index is 11.4. The van der Waals surface area contributed by atoms with Crippen LogP contribution in [0.1, 0.15) is 12.7 Å². The molecule has 0 saturated heterocycles. The normalized spacial score (nSPS) is 10.3. The Morgan fingerprint density at radius 3 is 3.00 bits per heavy atom. The predicted octanol–water partition coefficient (Wildman–Crippen LogP) is 2.84. The number of amides is 1. The molecule has 0 aliphatic heterocycles. The number of hydrogen-bond acceptors (Lipinski definition) is 5. The van der Waals surface area contributed by atoms with E-state index in [0.717, 1.165) is 0 Å². The molecule has 1 heterocycles. The van der Waals surface area contributed by atoms with Crippen LogP contribution in [0.4, 0.5) is 16.2 Å². The van der Waals surface area contributed by atoms with Gasteiger partial charge in [-0.25, -0.2) is 9.78 Å². The summed E-state index contributed by atoms with van der Waals surface area (Å²) < 4.78 is 4.78. The van der Waals surface area contributed by atoms with Crippen LogP contribution in [0.15, 0.2) is 17.3 Å². The molecule has 18 heavy (non-hydrogen) atoms. The number of H-pyrrole nitrogens is 1. The van der Waals surface area contributed by atoms with Crippen LogP contribution in [0.3, 0.4) is 0 Å². The molecule has 0 bridgehead atoms. The maximum atomic E-state index is 11.4. The monoisotopic (exact) mass is 248 g/mol. The Morgan fingerprint density at radius 1 is 1.56 bits per heavy atom. The number of nitrogens with zero attached hydrogens (tertiary/aromatic N) is 2. The van der Waals surface area contributed by atoms with E-state index in [0.29, 0.717) is 22.5 Å². The molecule has 2 rings (SSSR count). The number of nitrogens with one attached hydrogen (secondary N) is 2. The van der Waals surface area contributed by atoms with Crippen molar-refractivity contribution in [2.45, 2.75) is 13.8 Å². The summed E-state index contributed by atoms with van der Waals surface area (Å²) in [6, 6.07) is 3.02. The molecule has 0 unspecified atom stereocenters. The van der Waals surface area contributed by atoms with Gasteiger partial charge >= 0.3 is 6.09 Å². The van der Waals surface area contributed by atoms with Gasteiger partial charge in [-0.15, -0.1) is 4.91 Å². The predicted molar refractivity (Wildman–Crippen MR) is 66.9 cm³/mol. The van der Waals surface area contributed by atoms with Gasteiger partial charge in [-0.1, -0.05) is 0 Å². The van der Waals surface area contributed by atoms with Gasteiger partial charge in [0.05, 0.1) is 17.8 Å². The summed E-state index contributed by atoms with van der Waals surface area (Å²) in [5.74, 6) is 0.681. The molecular formula is C11H12N4O3. The molecule has 0 aliphatic rings. The zero-order valence-corrected chi connectivity index (χ0v) is 9.98. The van der Waals surface area contributed by atoms with Crippen LogP contribution < -0.4 is 5.32 Å². The number of carbonyl (C=O) groups excluding carboxylic acids is 1. The van der Waals surface area contributed by atoms with Crippen molar-refractivity contribution in [1.29, 1.82) is 0 Å². The summed E-state index contributed by atoms with van der Waals surface area (Å²) in [7, 11) is 0. The van der Waals surface area contributed by atoms with E-state index >= 15 is 0 Å². The van der Waals surface area contributed by atoms with Crippen LogP contribution in [-0.2, 0) is 4.74 Å². The topological polar surface area (TPSA) is 96.4 Å². The average molecular weight is 248 g/mol. The molecule has 1 aromatic heterocycles. The first kappa shape index (κ1) is 12.0. The molecule has 1 aromatic carbocycles. The second-order valence-electron chi connectivity index (χ2n) is 3.65. The van der Waals surface area contributed by atoms with Crippen LogP contribution in [0.5, 0.6) is 0 Å². The summed E-state index contributed by atoms with van der Waals surface area (Å²) in [5, 5.41) is 5.39. The number of ether oxygens (including phenoxy) is 1. The number of hydrogen-bond donors (Lipinski definition) is 2. The molecule has 1 amide bonds. The van der Waals surface area contributed by atoms with E-state index in [9.17, 15) is 9.70 Å². The number of fused-ring (bicyclic) bond motifs is 1. The second kappa shape index (κ2) is 4.82. The molecule has 7 nitrogen and oxygen atoms in total. The zero-order chi connectivity index (χ0) is 13.1. The molecule has 7 heteroatoms. The molecule has 0 fully saturated rings. The molecule has 0 spiro atoms. The highest BCUT2D eigenvalue weighted by Gasteiger charge is 2.11. The van der Waals surface area contributed by atoms with E-state index < -0.39 is 6.09 Å². The van der Waals surface area contributed by atoms with Gasteiger partial charge in [0, 0.05) is 0 Å². The lowest BCUT2D eigenvalue weighted by molar-refractivity contribution is 0.168. The van der Waals surface area contributed by atoms with Gasteiger partial charge in [0.1, 0.15) is 17.0 Å². The van der Waals surface area contributed by atoms with Gasteiger partial charge in [-0.2, -0.15) is 0 Å². The van der Waals surface area contributed by atoms with Crippen LogP contribution in [-0.4, -0.2) is 22.7 Å². The van der Waals surface area contributed by atoms with Crippen molar-refractivity contribution in [1.82, 2.24) is 9.97 Å². The van der Waals surface area contributed by atoms with Crippen molar-refractivity contribution in [3.8, 4) is 0 Å². The fourth-order valence-corrected chi connectivity index (χ4v) is 1.65. The molecular weight excluding hydrogens is 236 g/mol. The number of aromatic amines is 1. The number of aromatic nitrogens is 2. The Labute approximate surface area is 103 Å². The smallest absolute Gasteiger partial charge is 0.411 e. The van der Waals surface area contributed by atoms with Gasteiger partial charge in [0.25, 0.3) is 0 Å². The highest BCUT2D eigenvalue weighted by Crippen LogP contribution is 2.28. The minimum absolute atomic E-state index is 0.206. The molecule has 2 aromatic rings. The highest BCUT2D eigenvalue weighted by atomic mass is 16.5. The van der Waals surface area contributed by atoms with Gasteiger partial charge < -0.3 is 9.72 Å². The van der Waals surface area contributed by atoms with Gasteiger partial charge in [-0.05, 0) is 31.2 Å². The first-order valence-corrected chi connectivity index (χ1v) is 5.41. The second-order valence-corrected chi connectivity index (χ2v) is 3.65. The third-order valence-corrected chi connectivity index (χ3v) is 2.31. The number of benzene rings is 1. The standard InChI is InChI=1S/C11H12N4O3/c1-3-18-11(16)14-9-5-7(15-17)4-8-10(9)13-6(2)12-8/h4-5H,3H2,1-2H3,(H,12,13)(H,14,16). The minimum atomic E-state index is -0.595. The zero-order valence-electron chi connectivity index (χ0n) is 9.98. The van der Waals surface area contributed by atoms with Crippen LogP contribution in [0, 0.1) is 11.8 Å². The maximum Gasteiger partial charge on any atom is 0.411 e. The Balaban J connectivity index is 2.46. The van der Waals surface area contributed by atoms with Crippen molar-refractivity contribution in [3.63, 3.8) is 0 Å². The highest BCUT2D eigenvalue weighted by molar-refractivity contribution is 5.98. The number of rotatable bonds is 3. The first-order valence-electron chi connectivity index (χ1n) is 5.41. The summed E-state index contributed by atoms with van der Waals surface area (Å²) >= 11 is 0. The van der Waals surface area contributed by atoms with Crippen molar-refractivity contribution >= 4 is 28.5 Å². The SMILES string of the molecule is CCOC(=O)Nc1cc(N=O)cc2[nH]c(C)nc12. The van der Waals surface area contributed by atoms with Crippen molar-refractivity contribution in [3.05, 3.63) is 22.9 Å². The van der Waals surface area contributed by atoms with Crippen LogP contribution in [0.2, 0.25) is 0 Å². The summed E-state index contributed by atoms with van der Waals surface area (Å²) in [5.41, 5.74) is 1.80. The van der Waals surface area contributed by atoms with Crippen LogP contribution in [0.25, 0.3) is 11.0 Å². The molecule has 0 radical (unpaired) electrons. The largest absolute Gasteiger partial charge is 0.450 e. The van der Waals surface area contributed by atoms with Gasteiger partial charge in [0.15, 0.2) is 0 Å². The molecule has 0 aliphatic carbocycles. The van der Waals surface area contributed by atoms with E-state index in [4.69, 9.17) is 4.74 Å². The van der Waals surface area contributed by atoms with Crippen molar-refractivity contribution in [2.24, 2.45) is 5.18 Å². The summed E-state index contributed by atoms with van der Waals surface area (Å²) in [6.07, 6.45) is -0.595. The Kier molecular flexibility index (Phi) is 3.22. The third-order valence-electron chi connectivity index (χ3n) is 2.31. The van der Waals surface area contributed by atoms with Gasteiger partial charge in [-0.3, -0.25) is 5.32 Å². The Morgan fingerprint density at radius 2 is 2.33 bits per heavy atom. The minimum Gasteiger partial charge on any atom is -0.450 e. The van der Waals surface area contributed by atoms with Crippen molar-refractivity contribution < 1.29 is 9.53 Å². The molecule has 94 valence electrons. The number of aryl methyl sites for hydroxylation is 1. The number of nitroso groups, excluding NO2 is 1. The quantitative estimate of drug-likeness (QED) is 0.816. The Bertz CT molecular complexity index is 606. The van der Waals surface area contributed by atoms with E-state index in [2.05, 4.69) is 20.5 Å². The average Bonchev–Trinajstić information content (AvgIpc) is 2.69. The fourth-order valence-electron chi connectivity index (χ4n) is 1.65. The number of imidazole rings is 1. The van der Waals surface area contributed by atoms with Crippen LogP contribution >= 0.6 is 0 Å². The third kappa shape index (κ3) is 2.29. The van der Waals surface area contributed by atoms with E-state index in [1.807, 2.05) is 0 Å². The van der Waals surface area contributed by atoms with E-state index in [1.54, 1.807) is 19.9 Å². The summed E-state index contributed by atoms with van der Waals surface area (Å²) in [4.78, 5) is 29.2. The first-order chi connectivity index (χ1) is 8.63.